The Bertz CT molecular complexity index is 1440. The zero-order valence-corrected chi connectivity index (χ0v) is 25.2. The minimum absolute atomic E-state index is 0.00314. The van der Waals surface area contributed by atoms with Gasteiger partial charge in [-0.25, -0.2) is 17.9 Å². The lowest BCUT2D eigenvalue weighted by Gasteiger charge is -2.46. The average Bonchev–Trinajstić information content (AvgIpc) is 3.46. The fourth-order valence-electron chi connectivity index (χ4n) is 5.03. The Kier molecular flexibility index (Phi) is 11.3. The molecule has 0 amide bonds. The van der Waals surface area contributed by atoms with Gasteiger partial charge in [0.15, 0.2) is 23.6 Å². The van der Waals surface area contributed by atoms with Crippen molar-refractivity contribution in [3.63, 3.8) is 0 Å². The Hall–Kier alpha value is -3.90. The summed E-state index contributed by atoms with van der Waals surface area (Å²) in [5.41, 5.74) is 7.89. The summed E-state index contributed by atoms with van der Waals surface area (Å²) >= 11 is 1.10. The molecule has 2 aliphatic heterocycles. The van der Waals surface area contributed by atoms with Gasteiger partial charge >= 0.3 is 17.9 Å². The van der Waals surface area contributed by atoms with E-state index in [0.29, 0.717) is 0 Å². The van der Waals surface area contributed by atoms with Crippen LogP contribution in [-0.2, 0) is 42.8 Å². The molecule has 15 nitrogen and oxygen atoms in total. The van der Waals surface area contributed by atoms with E-state index in [1.165, 1.54) is 31.8 Å². The molecule has 0 unspecified atom stereocenters. The molecule has 1 aromatic heterocycles. The van der Waals surface area contributed by atoms with Crippen LogP contribution in [-0.4, -0.2) is 101 Å². The van der Waals surface area contributed by atoms with Crippen molar-refractivity contribution in [1.29, 1.82) is 0 Å². The molecule has 2 aromatic rings. The minimum atomic E-state index is -1.65. The summed E-state index contributed by atoms with van der Waals surface area (Å²) < 4.78 is 76.8. The normalized spacial score (nSPS) is 28.1. The van der Waals surface area contributed by atoms with Gasteiger partial charge in [-0.1, -0.05) is 10.3 Å². The molecule has 4 rings (SSSR count). The monoisotopic (exact) mass is 658 g/mol. The molecule has 2 fully saturated rings. The Morgan fingerprint density at radius 1 is 1.07 bits per heavy atom. The molecular formula is C26H29F3N6O9S. The van der Waals surface area contributed by atoms with Crippen molar-refractivity contribution < 1.29 is 56.0 Å². The van der Waals surface area contributed by atoms with Crippen LogP contribution in [0.2, 0.25) is 0 Å². The molecule has 244 valence electrons. The molecular weight excluding hydrogens is 629 g/mol. The van der Waals surface area contributed by atoms with Gasteiger partial charge in [-0.15, -0.1) is 16.9 Å². The fraction of sp³-hybridized carbons (Fsp3) is 0.577. The highest BCUT2D eigenvalue weighted by molar-refractivity contribution is 8.00. The van der Waals surface area contributed by atoms with Crippen LogP contribution in [0.25, 0.3) is 21.7 Å². The number of esters is 3. The number of benzene rings is 1. The fourth-order valence-corrected chi connectivity index (χ4v) is 6.57. The first kappa shape index (κ1) is 34.0. The number of ether oxygens (including phenoxy) is 6. The standard InChI is InChI=1S/C26H29F3N6O9S/c1-11(36)41-9-19-24(43-13(3)38)22(35-7-17(32-34-35)14-5-15(27)21(29)16(28)6-14)25(39-4)26(44-19)45-20-10-40-8-18(31-33-30)23(20)42-12(2)37/h5-7,18-20,22-26H,8-10H2,1-4H3/t18-,19+,20+,22-,23+,24-,25+,26-/m0/s1. The molecule has 3 heterocycles. The van der Waals surface area contributed by atoms with Gasteiger partial charge in [-0.2, -0.15) is 0 Å². The third-order valence-electron chi connectivity index (χ3n) is 6.86. The predicted octanol–water partition coefficient (Wildman–Crippen LogP) is 2.88. The molecule has 0 saturated carbocycles. The summed E-state index contributed by atoms with van der Waals surface area (Å²) in [4.78, 5) is 38.7. The lowest BCUT2D eigenvalue weighted by Crippen LogP contribution is -2.58. The Morgan fingerprint density at radius 2 is 1.73 bits per heavy atom. The number of aromatic nitrogens is 3. The van der Waals surface area contributed by atoms with Gasteiger partial charge in [-0.05, 0) is 17.7 Å². The van der Waals surface area contributed by atoms with Crippen molar-refractivity contribution in [2.75, 3.05) is 26.9 Å². The van der Waals surface area contributed by atoms with Gasteiger partial charge in [0.1, 0.15) is 42.1 Å². The van der Waals surface area contributed by atoms with Crippen LogP contribution in [0.4, 0.5) is 13.2 Å². The number of halogens is 3. The number of hydrogen-bond acceptors (Lipinski definition) is 13. The quantitative estimate of drug-likeness (QED) is 0.0909. The lowest BCUT2D eigenvalue weighted by molar-refractivity contribution is -0.208. The molecule has 0 aliphatic carbocycles. The summed E-state index contributed by atoms with van der Waals surface area (Å²) in [6, 6.07) is -0.416. The second-order valence-electron chi connectivity index (χ2n) is 10.0. The highest BCUT2D eigenvalue weighted by Gasteiger charge is 2.52. The number of carbonyl (C=O) groups is 3. The second-order valence-corrected chi connectivity index (χ2v) is 11.3. The van der Waals surface area contributed by atoms with Gasteiger partial charge < -0.3 is 28.4 Å². The van der Waals surface area contributed by atoms with E-state index in [9.17, 15) is 27.6 Å². The van der Waals surface area contributed by atoms with Crippen LogP contribution < -0.4 is 0 Å². The summed E-state index contributed by atoms with van der Waals surface area (Å²) in [6.45, 7) is 3.21. The van der Waals surface area contributed by atoms with Gasteiger partial charge in [-0.3, -0.25) is 14.4 Å². The largest absolute Gasteiger partial charge is 0.463 e. The molecule has 0 spiro atoms. The summed E-state index contributed by atoms with van der Waals surface area (Å²) in [5.74, 6) is -6.52. The average molecular weight is 659 g/mol. The molecule has 19 heteroatoms. The van der Waals surface area contributed by atoms with Crippen LogP contribution in [0.1, 0.15) is 26.8 Å². The highest BCUT2D eigenvalue weighted by atomic mass is 32.2. The molecule has 0 radical (unpaired) electrons. The highest BCUT2D eigenvalue weighted by Crippen LogP contribution is 2.42. The SMILES string of the molecule is CO[C@@H]1[C@@H](n2cc(-c3cc(F)c(F)c(F)c3)nn2)[C@@H](OC(C)=O)[C@@H](COC(C)=O)O[C@H]1S[C@@H]1COC[C@H](N=[N+]=[N-])[C@H]1OC(C)=O. The third-order valence-corrected chi connectivity index (χ3v) is 8.27. The Balaban J connectivity index is 1.75. The molecule has 2 aliphatic rings. The van der Waals surface area contributed by atoms with E-state index in [1.807, 2.05) is 0 Å². The zero-order chi connectivity index (χ0) is 32.8. The number of hydrogen-bond donors (Lipinski definition) is 0. The second kappa shape index (κ2) is 14.9. The van der Waals surface area contributed by atoms with Crippen molar-refractivity contribution >= 4 is 29.7 Å². The molecule has 45 heavy (non-hydrogen) atoms. The van der Waals surface area contributed by atoms with Crippen LogP contribution in [0.15, 0.2) is 23.4 Å². The number of methoxy groups -OCH3 is 1. The molecule has 8 atom stereocenters. The smallest absolute Gasteiger partial charge is 0.303 e. The summed E-state index contributed by atoms with van der Waals surface area (Å²) in [6.07, 6.45) is -2.96. The van der Waals surface area contributed by atoms with E-state index in [2.05, 4.69) is 20.3 Å². The van der Waals surface area contributed by atoms with Gasteiger partial charge in [0.05, 0.1) is 30.7 Å². The number of azide groups is 1. The van der Waals surface area contributed by atoms with Gasteiger partial charge in [0, 0.05) is 38.4 Å². The maximum Gasteiger partial charge on any atom is 0.303 e. The van der Waals surface area contributed by atoms with Crippen molar-refractivity contribution in [3.05, 3.63) is 46.2 Å². The number of thioether (sulfide) groups is 1. The van der Waals surface area contributed by atoms with E-state index in [1.54, 1.807) is 0 Å². The van der Waals surface area contributed by atoms with Crippen molar-refractivity contribution in [3.8, 4) is 11.3 Å². The lowest BCUT2D eigenvalue weighted by atomic mass is 9.96. The minimum Gasteiger partial charge on any atom is -0.463 e. The number of rotatable bonds is 10. The van der Waals surface area contributed by atoms with Crippen LogP contribution in [0.3, 0.4) is 0 Å². The van der Waals surface area contributed by atoms with E-state index in [0.717, 1.165) is 30.8 Å². The first-order valence-electron chi connectivity index (χ1n) is 13.4. The summed E-state index contributed by atoms with van der Waals surface area (Å²) in [7, 11) is 1.35. The van der Waals surface area contributed by atoms with Gasteiger partial charge in [0.25, 0.3) is 0 Å². The van der Waals surface area contributed by atoms with E-state index >= 15 is 0 Å². The van der Waals surface area contributed by atoms with E-state index in [4.69, 9.17) is 34.0 Å². The van der Waals surface area contributed by atoms with E-state index in [-0.39, 0.29) is 31.1 Å². The Labute approximate surface area is 258 Å². The van der Waals surface area contributed by atoms with Crippen LogP contribution >= 0.6 is 11.8 Å². The van der Waals surface area contributed by atoms with E-state index < -0.39 is 82.5 Å². The molecule has 2 saturated heterocycles. The Morgan fingerprint density at radius 3 is 2.33 bits per heavy atom. The van der Waals surface area contributed by atoms with Crippen molar-refractivity contribution in [1.82, 2.24) is 15.0 Å². The zero-order valence-electron chi connectivity index (χ0n) is 24.4. The number of nitrogens with zero attached hydrogens (tertiary/aromatic N) is 6. The first-order valence-corrected chi connectivity index (χ1v) is 14.4. The van der Waals surface area contributed by atoms with Gasteiger partial charge in [0.2, 0.25) is 0 Å². The topological polar surface area (TPSA) is 186 Å². The first-order chi connectivity index (χ1) is 21.4. The van der Waals surface area contributed by atoms with Crippen LogP contribution in [0.5, 0.6) is 0 Å². The molecule has 0 bridgehead atoms. The maximum absolute atomic E-state index is 14.0. The molecule has 1 aromatic carbocycles. The predicted molar refractivity (Wildman–Crippen MR) is 147 cm³/mol. The van der Waals surface area contributed by atoms with Crippen molar-refractivity contribution in [2.24, 2.45) is 5.11 Å². The maximum atomic E-state index is 14.0. The van der Waals surface area contributed by atoms with Crippen LogP contribution in [0, 0.1) is 17.5 Å². The molecule has 0 N–H and O–H groups in total. The third kappa shape index (κ3) is 8.04. The number of carbonyl (C=O) groups excluding carboxylic acids is 3. The summed E-state index contributed by atoms with van der Waals surface area (Å²) in [5, 5.41) is 11.1. The van der Waals surface area contributed by atoms with Crippen molar-refractivity contribution in [2.45, 2.75) is 68.0 Å².